The molecule has 3 heterocycles. The van der Waals surface area contributed by atoms with Gasteiger partial charge in [0.15, 0.2) is 5.16 Å². The monoisotopic (exact) mass is 654 g/mol. The van der Waals surface area contributed by atoms with Crippen LogP contribution >= 0.6 is 23.4 Å². The van der Waals surface area contributed by atoms with Crippen LogP contribution in [0.5, 0.6) is 5.75 Å². The number of thioether (sulfide) groups is 1. The summed E-state index contributed by atoms with van der Waals surface area (Å²) in [5, 5.41) is 1.07. The predicted octanol–water partition coefficient (Wildman–Crippen LogP) is 6.23. The number of halogens is 1. The lowest BCUT2D eigenvalue weighted by Gasteiger charge is -2.36. The molecule has 2 saturated heterocycles. The summed E-state index contributed by atoms with van der Waals surface area (Å²) in [6.07, 6.45) is 4.35. The lowest BCUT2D eigenvalue weighted by atomic mass is 10.1. The molecule has 1 aromatic heterocycles. The Morgan fingerprint density at radius 2 is 1.59 bits per heavy atom. The first-order chi connectivity index (χ1) is 22.5. The summed E-state index contributed by atoms with van der Waals surface area (Å²) in [4.78, 5) is 31.7. The molecule has 8 nitrogen and oxygen atoms in total. The van der Waals surface area contributed by atoms with E-state index in [1.165, 1.54) is 23.0 Å². The highest BCUT2D eigenvalue weighted by atomic mass is 35.5. The summed E-state index contributed by atoms with van der Waals surface area (Å²) in [5.74, 6) is 2.43. The molecule has 1 amide bonds. The van der Waals surface area contributed by atoms with Gasteiger partial charge in [0.25, 0.3) is 5.91 Å². The zero-order valence-electron chi connectivity index (χ0n) is 26.1. The average molecular weight is 655 g/mol. The van der Waals surface area contributed by atoms with Gasteiger partial charge in [0.1, 0.15) is 16.7 Å². The number of aromatic nitrogens is 2. The van der Waals surface area contributed by atoms with Crippen LogP contribution in [0.3, 0.4) is 0 Å². The lowest BCUT2D eigenvalue weighted by molar-refractivity contribution is 0.0650. The fraction of sp³-hybridized carbons (Fsp3) is 0.306. The highest BCUT2D eigenvalue weighted by Crippen LogP contribution is 2.27. The molecule has 238 valence electrons. The standard InChI is InChI=1S/C36H39ClN6O2S/c1-45-32-14-12-31(13-15-32)41-21-23-42(24-22-41)34-26-33(37)38-36(39-34)46-27-29-9-5-11-30(25-29)35(44)43-19-17-40(18-20-43)16-6-10-28-7-3-2-4-8-28/h2-15,25-26H,16-24,27H2,1H3. The molecule has 0 unspecified atom stereocenters. The van der Waals surface area contributed by atoms with Crippen LogP contribution in [0, 0.1) is 0 Å². The van der Waals surface area contributed by atoms with Gasteiger partial charge in [-0.25, -0.2) is 9.97 Å². The molecule has 0 bridgehead atoms. The normalized spacial score (nSPS) is 15.8. The zero-order valence-corrected chi connectivity index (χ0v) is 27.7. The zero-order chi connectivity index (χ0) is 31.7. The molecule has 2 fully saturated rings. The van der Waals surface area contributed by atoms with E-state index >= 15 is 0 Å². The van der Waals surface area contributed by atoms with E-state index in [1.807, 2.05) is 65.6 Å². The Labute approximate surface area is 280 Å². The SMILES string of the molecule is COc1ccc(N2CCN(c3cc(Cl)nc(SCc4cccc(C(=O)N5CCN(CC=Cc6ccccc6)CC5)c4)n3)CC2)cc1. The quantitative estimate of drug-likeness (QED) is 0.113. The topological polar surface area (TPSA) is 65.0 Å². The van der Waals surface area contributed by atoms with Gasteiger partial charge < -0.3 is 19.4 Å². The summed E-state index contributed by atoms with van der Waals surface area (Å²) in [6.45, 7) is 7.52. The van der Waals surface area contributed by atoms with E-state index in [4.69, 9.17) is 21.3 Å². The molecule has 0 atom stereocenters. The van der Waals surface area contributed by atoms with E-state index in [0.29, 0.717) is 16.1 Å². The minimum Gasteiger partial charge on any atom is -0.497 e. The predicted molar refractivity (Wildman–Crippen MR) is 188 cm³/mol. The van der Waals surface area contributed by atoms with Crippen LogP contribution in [0.4, 0.5) is 11.5 Å². The molecule has 2 aliphatic heterocycles. The molecule has 46 heavy (non-hydrogen) atoms. The van der Waals surface area contributed by atoms with Crippen LogP contribution in [-0.4, -0.2) is 91.7 Å². The Morgan fingerprint density at radius 1 is 0.848 bits per heavy atom. The largest absolute Gasteiger partial charge is 0.497 e. The molecule has 0 radical (unpaired) electrons. The number of benzene rings is 3. The lowest BCUT2D eigenvalue weighted by Crippen LogP contribution is -2.48. The number of hydrogen-bond donors (Lipinski definition) is 0. The van der Waals surface area contributed by atoms with E-state index in [2.05, 4.69) is 56.1 Å². The van der Waals surface area contributed by atoms with Crippen LogP contribution in [-0.2, 0) is 5.75 Å². The minimum atomic E-state index is 0.0846. The summed E-state index contributed by atoms with van der Waals surface area (Å²) < 4.78 is 5.29. The van der Waals surface area contributed by atoms with E-state index in [9.17, 15) is 4.79 Å². The molecule has 10 heteroatoms. The smallest absolute Gasteiger partial charge is 0.253 e. The third kappa shape index (κ3) is 8.40. The van der Waals surface area contributed by atoms with Crippen molar-refractivity contribution in [1.82, 2.24) is 19.8 Å². The fourth-order valence-corrected chi connectivity index (χ4v) is 6.78. The van der Waals surface area contributed by atoms with E-state index < -0.39 is 0 Å². The maximum absolute atomic E-state index is 13.4. The number of methoxy groups -OCH3 is 1. The molecule has 4 aromatic rings. The van der Waals surface area contributed by atoms with Crippen LogP contribution in [0.2, 0.25) is 5.15 Å². The third-order valence-corrected chi connectivity index (χ3v) is 9.49. The highest BCUT2D eigenvalue weighted by Gasteiger charge is 2.22. The average Bonchev–Trinajstić information content (AvgIpc) is 3.11. The van der Waals surface area contributed by atoms with Crippen molar-refractivity contribution in [3.8, 4) is 5.75 Å². The number of piperazine rings is 2. The van der Waals surface area contributed by atoms with Crippen LogP contribution < -0.4 is 14.5 Å². The maximum atomic E-state index is 13.4. The van der Waals surface area contributed by atoms with E-state index in [-0.39, 0.29) is 5.91 Å². The second-order valence-electron chi connectivity index (χ2n) is 11.4. The summed E-state index contributed by atoms with van der Waals surface area (Å²) in [7, 11) is 1.68. The van der Waals surface area contributed by atoms with Gasteiger partial charge in [-0.05, 0) is 47.5 Å². The molecule has 0 N–H and O–H groups in total. The Morgan fingerprint density at radius 3 is 2.33 bits per heavy atom. The van der Waals surface area contributed by atoms with Crippen molar-refractivity contribution in [2.24, 2.45) is 0 Å². The molecule has 3 aromatic carbocycles. The molecule has 0 saturated carbocycles. The molecular formula is C36H39ClN6O2S. The van der Waals surface area contributed by atoms with Gasteiger partial charge in [0.05, 0.1) is 7.11 Å². The highest BCUT2D eigenvalue weighted by molar-refractivity contribution is 7.98. The number of carbonyl (C=O) groups is 1. The first-order valence-electron chi connectivity index (χ1n) is 15.7. The van der Waals surface area contributed by atoms with Crippen molar-refractivity contribution >= 4 is 46.9 Å². The molecular weight excluding hydrogens is 616 g/mol. The molecule has 6 rings (SSSR count). The van der Waals surface area contributed by atoms with Crippen LogP contribution in [0.15, 0.2) is 96.2 Å². The van der Waals surface area contributed by atoms with Gasteiger partial charge in [0, 0.05) is 82.0 Å². The van der Waals surface area contributed by atoms with Gasteiger partial charge in [-0.3, -0.25) is 9.69 Å². The van der Waals surface area contributed by atoms with Gasteiger partial charge in [-0.2, -0.15) is 0 Å². The molecule has 0 aliphatic carbocycles. The number of rotatable bonds is 10. The van der Waals surface area contributed by atoms with Crippen LogP contribution in [0.1, 0.15) is 21.5 Å². The van der Waals surface area contributed by atoms with Crippen molar-refractivity contribution in [3.05, 3.63) is 113 Å². The fourth-order valence-electron chi connectivity index (χ4n) is 5.76. The molecule has 0 spiro atoms. The third-order valence-electron chi connectivity index (χ3n) is 8.38. The Bertz CT molecular complexity index is 1620. The van der Waals surface area contributed by atoms with Gasteiger partial charge in [-0.15, -0.1) is 0 Å². The number of amides is 1. The second-order valence-corrected chi connectivity index (χ2v) is 12.7. The first-order valence-corrected chi connectivity index (χ1v) is 17.0. The Balaban J connectivity index is 0.995. The van der Waals surface area contributed by atoms with Crippen molar-refractivity contribution in [1.29, 1.82) is 0 Å². The van der Waals surface area contributed by atoms with E-state index in [1.54, 1.807) is 7.11 Å². The van der Waals surface area contributed by atoms with Crippen molar-refractivity contribution in [2.75, 3.05) is 75.8 Å². The molecule has 2 aliphatic rings. The number of nitrogens with zero attached hydrogens (tertiary/aromatic N) is 6. The van der Waals surface area contributed by atoms with Crippen molar-refractivity contribution < 1.29 is 9.53 Å². The van der Waals surface area contributed by atoms with Gasteiger partial charge in [0.2, 0.25) is 0 Å². The van der Waals surface area contributed by atoms with E-state index in [0.717, 1.165) is 81.6 Å². The Hall–Kier alpha value is -4.05. The summed E-state index contributed by atoms with van der Waals surface area (Å²) >= 11 is 7.99. The summed E-state index contributed by atoms with van der Waals surface area (Å²) in [6, 6.07) is 28.3. The number of ether oxygens (including phenoxy) is 1. The maximum Gasteiger partial charge on any atom is 0.253 e. The number of hydrogen-bond acceptors (Lipinski definition) is 8. The second kappa shape index (κ2) is 15.5. The van der Waals surface area contributed by atoms with Crippen molar-refractivity contribution in [2.45, 2.75) is 10.9 Å². The summed E-state index contributed by atoms with van der Waals surface area (Å²) in [5.41, 5.74) is 4.17. The van der Waals surface area contributed by atoms with Gasteiger partial charge >= 0.3 is 0 Å². The van der Waals surface area contributed by atoms with Gasteiger partial charge in [-0.1, -0.05) is 78.0 Å². The van der Waals surface area contributed by atoms with Crippen molar-refractivity contribution in [3.63, 3.8) is 0 Å². The van der Waals surface area contributed by atoms with Crippen LogP contribution in [0.25, 0.3) is 6.08 Å². The Kier molecular flexibility index (Phi) is 10.7. The number of carbonyl (C=O) groups excluding carboxylic acids is 1. The number of anilines is 2. The minimum absolute atomic E-state index is 0.0846. The first kappa shape index (κ1) is 31.9.